The Bertz CT molecular complexity index is 434. The summed E-state index contributed by atoms with van der Waals surface area (Å²) in [6.07, 6.45) is 3.22. The van der Waals surface area contributed by atoms with Crippen molar-refractivity contribution in [3.63, 3.8) is 0 Å². The molecule has 0 radical (unpaired) electrons. The van der Waals surface area contributed by atoms with Crippen molar-refractivity contribution in [3.8, 4) is 11.5 Å². The van der Waals surface area contributed by atoms with Crippen LogP contribution in [0.5, 0.6) is 11.5 Å². The highest BCUT2D eigenvalue weighted by atomic mass is 79.9. The average molecular weight is 304 g/mol. The Morgan fingerprint density at radius 3 is 3.00 bits per heavy atom. The van der Waals surface area contributed by atoms with Gasteiger partial charge in [0.25, 0.3) is 0 Å². The van der Waals surface area contributed by atoms with Gasteiger partial charge in [-0.05, 0) is 30.9 Å². The van der Waals surface area contributed by atoms with Gasteiger partial charge in [-0.3, -0.25) is 0 Å². The van der Waals surface area contributed by atoms with E-state index >= 15 is 0 Å². The molecule has 1 unspecified atom stereocenters. The van der Waals surface area contributed by atoms with Crippen LogP contribution in [0.2, 0.25) is 0 Å². The summed E-state index contributed by atoms with van der Waals surface area (Å²) < 4.78 is 12.4. The van der Waals surface area contributed by atoms with Crippen molar-refractivity contribution in [1.29, 1.82) is 0 Å². The summed E-state index contributed by atoms with van der Waals surface area (Å²) in [5, 5.41) is 0.0525. The van der Waals surface area contributed by atoms with Crippen LogP contribution >= 0.6 is 27.5 Å². The van der Waals surface area contributed by atoms with Crippen molar-refractivity contribution in [2.75, 3.05) is 13.2 Å². The number of halogens is 2. The lowest BCUT2D eigenvalue weighted by atomic mass is 9.90. The molecule has 2 nitrogen and oxygen atoms in total. The summed E-state index contributed by atoms with van der Waals surface area (Å²) in [6, 6.07) is 2.00. The van der Waals surface area contributed by atoms with Crippen LogP contribution < -0.4 is 9.47 Å². The minimum absolute atomic E-state index is 0.0525. The molecule has 86 valence electrons. The molecule has 4 heteroatoms. The number of benzene rings is 1. The largest absolute Gasteiger partial charge is 0.486 e. The maximum absolute atomic E-state index is 6.40. The fraction of sp³-hybridized carbons (Fsp3) is 0.500. The van der Waals surface area contributed by atoms with E-state index in [1.165, 1.54) is 5.56 Å². The van der Waals surface area contributed by atoms with E-state index in [2.05, 4.69) is 15.9 Å². The van der Waals surface area contributed by atoms with Gasteiger partial charge in [-0.25, -0.2) is 0 Å². The zero-order chi connectivity index (χ0) is 11.1. The lowest BCUT2D eigenvalue weighted by molar-refractivity contribution is 0.169. The molecule has 0 spiro atoms. The number of alkyl halides is 1. The summed E-state index contributed by atoms with van der Waals surface area (Å²) in [5.74, 6) is 1.69. The average Bonchev–Trinajstić information content (AvgIpc) is 2.30. The number of rotatable bonds is 0. The normalized spacial score (nSPS) is 22.8. The summed E-state index contributed by atoms with van der Waals surface area (Å²) in [5.41, 5.74) is 2.42. The molecule has 1 heterocycles. The van der Waals surface area contributed by atoms with Crippen LogP contribution in [0.4, 0.5) is 0 Å². The molecule has 0 saturated heterocycles. The Kier molecular flexibility index (Phi) is 2.76. The first kappa shape index (κ1) is 10.7. The van der Waals surface area contributed by atoms with Crippen molar-refractivity contribution in [1.82, 2.24) is 0 Å². The highest BCUT2D eigenvalue weighted by Crippen LogP contribution is 2.48. The van der Waals surface area contributed by atoms with Crippen LogP contribution in [-0.4, -0.2) is 13.2 Å². The van der Waals surface area contributed by atoms with Crippen LogP contribution in [0.1, 0.15) is 29.3 Å². The van der Waals surface area contributed by atoms with Crippen molar-refractivity contribution in [2.24, 2.45) is 0 Å². The van der Waals surface area contributed by atoms with E-state index in [-0.39, 0.29) is 5.38 Å². The van der Waals surface area contributed by atoms with Crippen LogP contribution in [0.3, 0.4) is 0 Å². The fourth-order valence-electron chi connectivity index (χ4n) is 2.41. The first-order chi connectivity index (χ1) is 7.77. The van der Waals surface area contributed by atoms with Gasteiger partial charge in [0.05, 0.1) is 5.38 Å². The highest BCUT2D eigenvalue weighted by molar-refractivity contribution is 9.10. The van der Waals surface area contributed by atoms with E-state index < -0.39 is 0 Å². The first-order valence-corrected chi connectivity index (χ1v) is 6.75. The molecule has 2 aliphatic rings. The number of hydrogen-bond donors (Lipinski definition) is 0. The summed E-state index contributed by atoms with van der Waals surface area (Å²) in [7, 11) is 0. The molecule has 1 atom stereocenters. The Morgan fingerprint density at radius 1 is 1.31 bits per heavy atom. The molecular formula is C12H12BrClO2. The van der Waals surface area contributed by atoms with Crippen LogP contribution in [-0.2, 0) is 6.42 Å². The molecule has 1 aromatic carbocycles. The molecule has 1 aliphatic carbocycles. The lowest BCUT2D eigenvalue weighted by Crippen LogP contribution is -2.19. The van der Waals surface area contributed by atoms with E-state index in [0.29, 0.717) is 13.2 Å². The van der Waals surface area contributed by atoms with Crippen LogP contribution in [0.25, 0.3) is 0 Å². The molecule has 1 aromatic rings. The SMILES string of the molecule is ClC1CCCc2c(Br)cc3c(c21)OCCO3. The second kappa shape index (κ2) is 4.11. The predicted molar refractivity (Wildman–Crippen MR) is 66.7 cm³/mol. The Labute approximate surface area is 108 Å². The molecule has 1 aliphatic heterocycles. The molecule has 0 fully saturated rings. The molecule has 0 saturated carbocycles. The second-order valence-corrected chi connectivity index (χ2v) is 5.52. The smallest absolute Gasteiger partial charge is 0.166 e. The molecular weight excluding hydrogens is 291 g/mol. The van der Waals surface area contributed by atoms with Gasteiger partial charge in [-0.15, -0.1) is 11.6 Å². The minimum Gasteiger partial charge on any atom is -0.486 e. The van der Waals surface area contributed by atoms with Gasteiger partial charge >= 0.3 is 0 Å². The van der Waals surface area contributed by atoms with E-state index in [4.69, 9.17) is 21.1 Å². The summed E-state index contributed by atoms with van der Waals surface area (Å²) in [4.78, 5) is 0. The van der Waals surface area contributed by atoms with Crippen LogP contribution in [0, 0.1) is 0 Å². The van der Waals surface area contributed by atoms with E-state index in [0.717, 1.165) is 40.8 Å². The summed E-state index contributed by atoms with van der Waals surface area (Å²) in [6.45, 7) is 1.23. The van der Waals surface area contributed by atoms with E-state index in [1.54, 1.807) is 0 Å². The predicted octanol–water partition coefficient (Wildman–Crippen LogP) is 3.84. The number of fused-ring (bicyclic) bond motifs is 3. The van der Waals surface area contributed by atoms with Crippen molar-refractivity contribution >= 4 is 27.5 Å². The van der Waals surface area contributed by atoms with Gasteiger partial charge in [0, 0.05) is 10.0 Å². The molecule has 0 aromatic heterocycles. The Hall–Kier alpha value is -0.410. The Balaban J connectivity index is 2.21. The number of hydrogen-bond acceptors (Lipinski definition) is 2. The van der Waals surface area contributed by atoms with Gasteiger partial charge in [0.15, 0.2) is 11.5 Å². The molecule has 0 N–H and O–H groups in total. The third-order valence-electron chi connectivity index (χ3n) is 3.12. The van der Waals surface area contributed by atoms with Crippen LogP contribution in [0.15, 0.2) is 10.5 Å². The zero-order valence-corrected chi connectivity index (χ0v) is 11.1. The molecule has 0 amide bonds. The van der Waals surface area contributed by atoms with Gasteiger partial charge in [-0.2, -0.15) is 0 Å². The lowest BCUT2D eigenvalue weighted by Gasteiger charge is -2.29. The second-order valence-electron chi connectivity index (χ2n) is 4.13. The molecule has 3 rings (SSSR count). The molecule has 0 bridgehead atoms. The zero-order valence-electron chi connectivity index (χ0n) is 8.76. The minimum atomic E-state index is 0.0525. The standard InChI is InChI=1S/C12H12BrClO2/c13-8-6-10-12(16-5-4-15-10)11-7(8)2-1-3-9(11)14/h6,9H,1-5H2. The van der Waals surface area contributed by atoms with Crippen molar-refractivity contribution in [2.45, 2.75) is 24.6 Å². The first-order valence-electron chi connectivity index (χ1n) is 5.52. The maximum Gasteiger partial charge on any atom is 0.166 e. The maximum atomic E-state index is 6.40. The van der Waals surface area contributed by atoms with E-state index in [9.17, 15) is 0 Å². The third-order valence-corrected chi connectivity index (χ3v) is 4.27. The number of ether oxygens (including phenoxy) is 2. The monoisotopic (exact) mass is 302 g/mol. The highest BCUT2D eigenvalue weighted by Gasteiger charge is 2.28. The van der Waals surface area contributed by atoms with Gasteiger partial charge < -0.3 is 9.47 Å². The van der Waals surface area contributed by atoms with Gasteiger partial charge in [-0.1, -0.05) is 15.9 Å². The third kappa shape index (κ3) is 1.61. The van der Waals surface area contributed by atoms with Gasteiger partial charge in [0.1, 0.15) is 13.2 Å². The molecule has 16 heavy (non-hydrogen) atoms. The van der Waals surface area contributed by atoms with Crippen molar-refractivity contribution < 1.29 is 9.47 Å². The topological polar surface area (TPSA) is 18.5 Å². The fourth-order valence-corrected chi connectivity index (χ4v) is 3.41. The van der Waals surface area contributed by atoms with Crippen molar-refractivity contribution in [3.05, 3.63) is 21.7 Å². The quantitative estimate of drug-likeness (QED) is 0.678. The summed E-state index contributed by atoms with van der Waals surface area (Å²) >= 11 is 9.99. The van der Waals surface area contributed by atoms with E-state index in [1.807, 2.05) is 6.07 Å². The van der Waals surface area contributed by atoms with Gasteiger partial charge in [0.2, 0.25) is 0 Å². The Morgan fingerprint density at radius 2 is 2.12 bits per heavy atom.